The zero-order valence-corrected chi connectivity index (χ0v) is 6.76. The van der Waals surface area contributed by atoms with E-state index in [1.54, 1.807) is 0 Å². The normalized spacial score (nSPS) is 23.6. The Bertz CT molecular complexity index is 61.4. The molecule has 1 rings (SSSR count). The molecule has 1 aliphatic rings. The summed E-state index contributed by atoms with van der Waals surface area (Å²) in [5.41, 5.74) is 0. The highest BCUT2D eigenvalue weighted by atomic mass is 127. The van der Waals surface area contributed by atoms with Crippen molar-refractivity contribution in [1.29, 1.82) is 0 Å². The summed E-state index contributed by atoms with van der Waals surface area (Å²) in [6, 6.07) is 0. The van der Waals surface area contributed by atoms with Crippen molar-refractivity contribution in [3.8, 4) is 0 Å². The van der Waals surface area contributed by atoms with Crippen LogP contribution in [0.2, 0.25) is 0 Å². The lowest BCUT2D eigenvalue weighted by Crippen LogP contribution is -2.24. The van der Waals surface area contributed by atoms with E-state index >= 15 is 0 Å². The second-order valence-electron chi connectivity index (χ2n) is 1.88. The first-order chi connectivity index (χ1) is 3.93. The summed E-state index contributed by atoms with van der Waals surface area (Å²) in [5.74, 6) is 0.629. The van der Waals surface area contributed by atoms with Gasteiger partial charge in [-0.2, -0.15) is 0 Å². The third-order valence-corrected chi connectivity index (χ3v) is 2.34. The van der Waals surface area contributed by atoms with Crippen LogP contribution in [-0.4, -0.2) is 24.4 Å². The van der Waals surface area contributed by atoms with E-state index < -0.39 is 0 Å². The number of halogens is 1. The molecule has 1 aliphatic heterocycles. The molecule has 0 atom stereocenters. The molecule has 8 heavy (non-hydrogen) atoms. The van der Waals surface area contributed by atoms with E-state index in [0.29, 0.717) is 12.7 Å². The van der Waals surface area contributed by atoms with Gasteiger partial charge in [0.25, 0.3) is 0 Å². The van der Waals surface area contributed by atoms with Crippen LogP contribution in [0, 0.1) is 5.92 Å². The maximum absolute atomic E-state index is 5.05. The van der Waals surface area contributed by atoms with E-state index in [4.69, 9.17) is 9.47 Å². The van der Waals surface area contributed by atoms with Gasteiger partial charge in [0, 0.05) is 10.3 Å². The largest absolute Gasteiger partial charge is 0.355 e. The van der Waals surface area contributed by atoms with Gasteiger partial charge in [-0.15, -0.1) is 0 Å². The first kappa shape index (κ1) is 6.77. The molecule has 0 amide bonds. The number of alkyl halides is 1. The van der Waals surface area contributed by atoms with E-state index in [2.05, 4.69) is 22.6 Å². The highest BCUT2D eigenvalue weighted by Gasteiger charge is 2.11. The standard InChI is InChI=1S/C5H9IO2/c6-1-5-2-7-4-8-3-5/h5H,1-4H2. The minimum Gasteiger partial charge on any atom is -0.355 e. The second-order valence-corrected chi connectivity index (χ2v) is 2.76. The van der Waals surface area contributed by atoms with Crippen LogP contribution in [0.3, 0.4) is 0 Å². The second kappa shape index (κ2) is 3.63. The van der Waals surface area contributed by atoms with Crippen LogP contribution in [0.4, 0.5) is 0 Å². The van der Waals surface area contributed by atoms with Crippen molar-refractivity contribution in [1.82, 2.24) is 0 Å². The summed E-state index contributed by atoms with van der Waals surface area (Å²) in [6.07, 6.45) is 0. The first-order valence-electron chi connectivity index (χ1n) is 2.65. The van der Waals surface area contributed by atoms with Crippen molar-refractivity contribution in [3.05, 3.63) is 0 Å². The predicted molar refractivity (Wildman–Crippen MR) is 39.1 cm³/mol. The fraction of sp³-hybridized carbons (Fsp3) is 1.00. The van der Waals surface area contributed by atoms with E-state index in [0.717, 1.165) is 17.6 Å². The van der Waals surface area contributed by atoms with Gasteiger partial charge in [0.1, 0.15) is 6.79 Å². The Hall–Kier alpha value is 0.650. The molecule has 0 saturated carbocycles. The summed E-state index contributed by atoms with van der Waals surface area (Å²) in [7, 11) is 0. The molecule has 0 unspecified atom stereocenters. The highest BCUT2D eigenvalue weighted by molar-refractivity contribution is 14.1. The van der Waals surface area contributed by atoms with Gasteiger partial charge < -0.3 is 9.47 Å². The number of hydrogen-bond donors (Lipinski definition) is 0. The smallest absolute Gasteiger partial charge is 0.146 e. The minimum absolute atomic E-state index is 0.493. The SMILES string of the molecule is ICC1COCOC1. The van der Waals surface area contributed by atoms with Gasteiger partial charge in [-0.05, 0) is 0 Å². The van der Waals surface area contributed by atoms with Crippen molar-refractivity contribution in [3.63, 3.8) is 0 Å². The number of hydrogen-bond acceptors (Lipinski definition) is 2. The van der Waals surface area contributed by atoms with Crippen LogP contribution < -0.4 is 0 Å². The van der Waals surface area contributed by atoms with E-state index in [1.807, 2.05) is 0 Å². The summed E-state index contributed by atoms with van der Waals surface area (Å²) >= 11 is 2.35. The van der Waals surface area contributed by atoms with E-state index in [-0.39, 0.29) is 0 Å². The summed E-state index contributed by atoms with van der Waals surface area (Å²) in [6.45, 7) is 2.25. The molecule has 0 aliphatic carbocycles. The Morgan fingerprint density at radius 1 is 1.38 bits per heavy atom. The maximum atomic E-state index is 5.05. The maximum Gasteiger partial charge on any atom is 0.146 e. The van der Waals surface area contributed by atoms with Crippen LogP contribution in [0.15, 0.2) is 0 Å². The summed E-state index contributed by atoms with van der Waals surface area (Å²) in [5, 5.41) is 0. The van der Waals surface area contributed by atoms with Crippen molar-refractivity contribution >= 4 is 22.6 Å². The minimum atomic E-state index is 0.493. The van der Waals surface area contributed by atoms with Gasteiger partial charge in [-0.3, -0.25) is 0 Å². The monoisotopic (exact) mass is 228 g/mol. The molecule has 0 aromatic carbocycles. The summed E-state index contributed by atoms with van der Waals surface area (Å²) < 4.78 is 11.2. The molecule has 48 valence electrons. The topological polar surface area (TPSA) is 18.5 Å². The lowest BCUT2D eigenvalue weighted by molar-refractivity contribution is -0.120. The Morgan fingerprint density at radius 2 is 2.00 bits per heavy atom. The molecular weight excluding hydrogens is 219 g/mol. The van der Waals surface area contributed by atoms with Gasteiger partial charge in [-0.1, -0.05) is 22.6 Å². The average Bonchev–Trinajstić information content (AvgIpc) is 1.90. The number of ether oxygens (including phenoxy) is 2. The molecule has 0 spiro atoms. The molecule has 2 nitrogen and oxygen atoms in total. The molecule has 0 radical (unpaired) electrons. The summed E-state index contributed by atoms with van der Waals surface area (Å²) in [4.78, 5) is 0. The van der Waals surface area contributed by atoms with Crippen molar-refractivity contribution < 1.29 is 9.47 Å². The molecular formula is C5H9IO2. The molecule has 1 saturated heterocycles. The van der Waals surface area contributed by atoms with Crippen LogP contribution in [-0.2, 0) is 9.47 Å². The third kappa shape index (κ3) is 1.87. The average molecular weight is 228 g/mol. The zero-order chi connectivity index (χ0) is 5.82. The lowest BCUT2D eigenvalue weighted by Gasteiger charge is -2.19. The van der Waals surface area contributed by atoms with Crippen LogP contribution in [0.1, 0.15) is 0 Å². The molecule has 0 aromatic heterocycles. The van der Waals surface area contributed by atoms with Gasteiger partial charge in [0.2, 0.25) is 0 Å². The third-order valence-electron chi connectivity index (χ3n) is 1.09. The van der Waals surface area contributed by atoms with Gasteiger partial charge in [0.05, 0.1) is 13.2 Å². The van der Waals surface area contributed by atoms with Crippen molar-refractivity contribution in [2.75, 3.05) is 24.4 Å². The zero-order valence-electron chi connectivity index (χ0n) is 4.60. The quantitative estimate of drug-likeness (QED) is 0.493. The van der Waals surface area contributed by atoms with Gasteiger partial charge in [-0.25, -0.2) is 0 Å². The van der Waals surface area contributed by atoms with Crippen molar-refractivity contribution in [2.24, 2.45) is 5.92 Å². The molecule has 1 heterocycles. The van der Waals surface area contributed by atoms with Crippen LogP contribution >= 0.6 is 22.6 Å². The van der Waals surface area contributed by atoms with Crippen molar-refractivity contribution in [2.45, 2.75) is 0 Å². The Kier molecular flexibility index (Phi) is 3.07. The molecule has 0 bridgehead atoms. The van der Waals surface area contributed by atoms with Gasteiger partial charge in [0.15, 0.2) is 0 Å². The Balaban J connectivity index is 2.13. The van der Waals surface area contributed by atoms with Crippen LogP contribution in [0.25, 0.3) is 0 Å². The fourth-order valence-electron chi connectivity index (χ4n) is 0.626. The highest BCUT2D eigenvalue weighted by Crippen LogP contribution is 2.07. The van der Waals surface area contributed by atoms with Crippen LogP contribution in [0.5, 0.6) is 0 Å². The van der Waals surface area contributed by atoms with E-state index in [9.17, 15) is 0 Å². The Labute approximate surface area is 62.7 Å². The molecule has 1 fully saturated rings. The Morgan fingerprint density at radius 3 is 2.38 bits per heavy atom. The predicted octanol–water partition coefficient (Wildman–Crippen LogP) is 1.04. The molecule has 0 N–H and O–H groups in total. The number of rotatable bonds is 1. The first-order valence-corrected chi connectivity index (χ1v) is 4.17. The fourth-order valence-corrected chi connectivity index (χ4v) is 1.13. The van der Waals surface area contributed by atoms with Gasteiger partial charge >= 0.3 is 0 Å². The van der Waals surface area contributed by atoms with E-state index in [1.165, 1.54) is 0 Å². The molecule has 0 aromatic rings. The lowest BCUT2D eigenvalue weighted by atomic mass is 10.2. The molecule has 3 heteroatoms.